The number of nitrogens with zero attached hydrogens (tertiary/aromatic N) is 1. The van der Waals surface area contributed by atoms with Crippen LogP contribution in [0.4, 0.5) is 5.69 Å². The first-order chi connectivity index (χ1) is 10.6. The van der Waals surface area contributed by atoms with Gasteiger partial charge in [-0.3, -0.25) is 9.78 Å². The molecule has 0 aliphatic heterocycles. The minimum atomic E-state index is -3.41. The molecule has 1 amide bonds. The molecule has 2 rings (SSSR count). The number of pyridine rings is 1. The summed E-state index contributed by atoms with van der Waals surface area (Å²) in [6.07, 6.45) is 4.77. The lowest BCUT2D eigenvalue weighted by atomic mass is 10.2. The molecule has 0 saturated heterocycles. The molecule has 118 valence electrons. The van der Waals surface area contributed by atoms with Crippen LogP contribution in [0.3, 0.4) is 0 Å². The van der Waals surface area contributed by atoms with Crippen molar-refractivity contribution in [3.8, 4) is 0 Å². The highest BCUT2D eigenvalue weighted by Crippen LogP contribution is 2.15. The predicted octanol–water partition coefficient (Wildman–Crippen LogP) is 2.23. The molecule has 2 heterocycles. The van der Waals surface area contributed by atoms with Gasteiger partial charge in [-0.2, -0.15) is 0 Å². The van der Waals surface area contributed by atoms with E-state index in [1.807, 2.05) is 0 Å². The quantitative estimate of drug-likeness (QED) is 0.722. The second kappa shape index (κ2) is 8.02. The Morgan fingerprint density at radius 2 is 2.09 bits per heavy atom. The zero-order valence-corrected chi connectivity index (χ0v) is 13.5. The van der Waals surface area contributed by atoms with Crippen molar-refractivity contribution >= 4 is 33.0 Å². The van der Waals surface area contributed by atoms with E-state index in [9.17, 15) is 13.2 Å². The van der Waals surface area contributed by atoms with Crippen molar-refractivity contribution < 1.29 is 13.2 Å². The summed E-state index contributed by atoms with van der Waals surface area (Å²) in [5.74, 6) is -0.103. The van der Waals surface area contributed by atoms with Crippen molar-refractivity contribution in [2.24, 2.45) is 0 Å². The minimum absolute atomic E-state index is 0.103. The Bertz CT molecular complexity index is 685. The molecule has 0 atom stereocenters. The Hall–Kier alpha value is -1.77. The van der Waals surface area contributed by atoms with Crippen LogP contribution in [0.25, 0.3) is 0 Å². The molecule has 2 N–H and O–H groups in total. The van der Waals surface area contributed by atoms with Crippen molar-refractivity contribution in [2.45, 2.75) is 23.5 Å². The van der Waals surface area contributed by atoms with Gasteiger partial charge in [0.2, 0.25) is 15.9 Å². The van der Waals surface area contributed by atoms with Crippen LogP contribution in [-0.2, 0) is 14.8 Å². The number of nitrogens with one attached hydrogen (secondary N) is 2. The molecule has 0 radical (unpaired) electrons. The first-order valence-electron chi connectivity index (χ1n) is 6.81. The van der Waals surface area contributed by atoms with E-state index in [2.05, 4.69) is 15.0 Å². The Kier molecular flexibility index (Phi) is 6.05. The fourth-order valence-electron chi connectivity index (χ4n) is 1.76. The van der Waals surface area contributed by atoms with Crippen LogP contribution < -0.4 is 10.0 Å². The molecule has 0 spiro atoms. The number of thiophene rings is 1. The number of rotatable bonds is 8. The Balaban J connectivity index is 1.64. The molecule has 2 aromatic heterocycles. The largest absolute Gasteiger partial charge is 0.325 e. The molecule has 0 bridgehead atoms. The maximum absolute atomic E-state index is 11.8. The summed E-state index contributed by atoms with van der Waals surface area (Å²) in [6.45, 7) is 0.320. The van der Waals surface area contributed by atoms with Crippen LogP contribution in [0.5, 0.6) is 0 Å². The lowest BCUT2D eigenvalue weighted by molar-refractivity contribution is -0.116. The van der Waals surface area contributed by atoms with Crippen LogP contribution in [0.15, 0.2) is 46.2 Å². The van der Waals surface area contributed by atoms with Crippen molar-refractivity contribution in [3.05, 3.63) is 42.0 Å². The first-order valence-corrected chi connectivity index (χ1v) is 9.17. The van der Waals surface area contributed by atoms with Crippen LogP contribution in [0.1, 0.15) is 19.3 Å². The molecule has 0 aliphatic rings. The van der Waals surface area contributed by atoms with Gasteiger partial charge in [-0.25, -0.2) is 13.1 Å². The summed E-state index contributed by atoms with van der Waals surface area (Å²) < 4.78 is 26.5. The zero-order chi connectivity index (χ0) is 15.8. The van der Waals surface area contributed by atoms with Crippen LogP contribution >= 0.6 is 11.3 Å². The molecular formula is C14H17N3O3S2. The van der Waals surface area contributed by atoms with Crippen LogP contribution in [0.2, 0.25) is 0 Å². The van der Waals surface area contributed by atoms with Crippen molar-refractivity contribution in [1.29, 1.82) is 0 Å². The SMILES string of the molecule is O=C(CCCCNS(=O)(=O)c1cccs1)Nc1cccnc1. The van der Waals surface area contributed by atoms with Gasteiger partial charge < -0.3 is 5.32 Å². The molecule has 0 saturated carbocycles. The summed E-state index contributed by atoms with van der Waals surface area (Å²) in [4.78, 5) is 15.6. The second-order valence-corrected chi connectivity index (χ2v) is 7.52. The highest BCUT2D eigenvalue weighted by atomic mass is 32.2. The van der Waals surface area contributed by atoms with E-state index in [0.717, 1.165) is 0 Å². The summed E-state index contributed by atoms with van der Waals surface area (Å²) in [5, 5.41) is 4.45. The van der Waals surface area contributed by atoms with E-state index in [-0.39, 0.29) is 5.91 Å². The van der Waals surface area contributed by atoms with Crippen molar-refractivity contribution in [1.82, 2.24) is 9.71 Å². The van der Waals surface area contributed by atoms with Gasteiger partial charge in [0.1, 0.15) is 4.21 Å². The zero-order valence-electron chi connectivity index (χ0n) is 11.9. The number of carbonyl (C=O) groups is 1. The smallest absolute Gasteiger partial charge is 0.250 e. The number of anilines is 1. The van der Waals surface area contributed by atoms with E-state index in [4.69, 9.17) is 0 Å². The normalized spacial score (nSPS) is 11.3. The molecule has 6 nitrogen and oxygen atoms in total. The fourth-order valence-corrected chi connectivity index (χ4v) is 3.88. The number of sulfonamides is 1. The van der Waals surface area contributed by atoms with Crippen molar-refractivity contribution in [3.63, 3.8) is 0 Å². The van der Waals surface area contributed by atoms with E-state index in [0.29, 0.717) is 35.7 Å². The molecule has 0 fully saturated rings. The van der Waals surface area contributed by atoms with Gasteiger partial charge in [0.05, 0.1) is 11.9 Å². The van der Waals surface area contributed by atoms with Gasteiger partial charge >= 0.3 is 0 Å². The van der Waals surface area contributed by atoms with Gasteiger partial charge in [0.15, 0.2) is 0 Å². The topological polar surface area (TPSA) is 88.2 Å². The Labute approximate surface area is 133 Å². The van der Waals surface area contributed by atoms with Crippen molar-refractivity contribution in [2.75, 3.05) is 11.9 Å². The lowest BCUT2D eigenvalue weighted by Crippen LogP contribution is -2.24. The van der Waals surface area contributed by atoms with Gasteiger partial charge in [-0.05, 0) is 36.4 Å². The highest BCUT2D eigenvalue weighted by molar-refractivity contribution is 7.91. The van der Waals surface area contributed by atoms with E-state index < -0.39 is 10.0 Å². The average Bonchev–Trinajstić information content (AvgIpc) is 3.03. The van der Waals surface area contributed by atoms with Gasteiger partial charge in [0.25, 0.3) is 0 Å². The standard InChI is InChI=1S/C14H17N3O3S2/c18-13(17-12-5-3-8-15-11-12)6-1-2-9-16-22(19,20)14-7-4-10-21-14/h3-5,7-8,10-11,16H,1-2,6,9H2,(H,17,18). The van der Waals surface area contributed by atoms with Gasteiger partial charge in [-0.15, -0.1) is 11.3 Å². The summed E-state index contributed by atoms with van der Waals surface area (Å²) >= 11 is 1.18. The summed E-state index contributed by atoms with van der Waals surface area (Å²) in [6, 6.07) is 6.77. The maximum atomic E-state index is 11.8. The maximum Gasteiger partial charge on any atom is 0.250 e. The third kappa shape index (κ3) is 5.21. The van der Waals surface area contributed by atoms with Crippen LogP contribution in [-0.4, -0.2) is 25.9 Å². The third-order valence-electron chi connectivity index (χ3n) is 2.83. The Morgan fingerprint density at radius 1 is 1.23 bits per heavy atom. The van der Waals surface area contributed by atoms with Gasteiger partial charge in [-0.1, -0.05) is 6.07 Å². The number of hydrogen-bond acceptors (Lipinski definition) is 5. The first kappa shape index (κ1) is 16.6. The summed E-state index contributed by atoms with van der Waals surface area (Å²) in [5.41, 5.74) is 0.658. The van der Waals surface area contributed by atoms with Gasteiger partial charge in [0, 0.05) is 19.2 Å². The lowest BCUT2D eigenvalue weighted by Gasteiger charge is -2.06. The average molecular weight is 339 g/mol. The molecule has 22 heavy (non-hydrogen) atoms. The molecular weight excluding hydrogens is 322 g/mol. The van der Waals surface area contributed by atoms with Crippen LogP contribution in [0, 0.1) is 0 Å². The Morgan fingerprint density at radius 3 is 2.77 bits per heavy atom. The second-order valence-electron chi connectivity index (χ2n) is 4.58. The molecule has 8 heteroatoms. The monoisotopic (exact) mass is 339 g/mol. The molecule has 0 aromatic carbocycles. The van der Waals surface area contributed by atoms with E-state index in [1.54, 1.807) is 42.0 Å². The number of carbonyl (C=O) groups excluding carboxylic acids is 1. The fraction of sp³-hybridized carbons (Fsp3) is 0.286. The predicted molar refractivity (Wildman–Crippen MR) is 86.2 cm³/mol. The van der Waals surface area contributed by atoms with E-state index in [1.165, 1.54) is 11.3 Å². The molecule has 0 aliphatic carbocycles. The third-order valence-corrected chi connectivity index (χ3v) is 5.69. The van der Waals surface area contributed by atoms with E-state index >= 15 is 0 Å². The molecule has 0 unspecified atom stereocenters. The number of aromatic nitrogens is 1. The highest BCUT2D eigenvalue weighted by Gasteiger charge is 2.13. The minimum Gasteiger partial charge on any atom is -0.325 e. The number of hydrogen-bond donors (Lipinski definition) is 2. The summed E-state index contributed by atoms with van der Waals surface area (Å²) in [7, 11) is -3.41. The number of unbranched alkanes of at least 4 members (excludes halogenated alkanes) is 1. The molecule has 2 aromatic rings. The number of amides is 1.